The number of carbonyl (C=O) groups excluding carboxylic acids is 1. The summed E-state index contributed by atoms with van der Waals surface area (Å²) < 4.78 is 5.19. The SMILES string of the molecule is COc1ccc2c(c1)C(N)=C(CC1=CC=NCC1)C2=O. The molecule has 0 saturated heterocycles. The van der Waals surface area contributed by atoms with Gasteiger partial charge in [-0.15, -0.1) is 0 Å². The molecule has 4 heteroatoms. The Labute approximate surface area is 117 Å². The topological polar surface area (TPSA) is 64.7 Å². The van der Waals surface area contributed by atoms with Gasteiger partial charge >= 0.3 is 0 Å². The summed E-state index contributed by atoms with van der Waals surface area (Å²) in [6.07, 6.45) is 5.26. The molecule has 0 bridgehead atoms. The van der Waals surface area contributed by atoms with Gasteiger partial charge in [0.1, 0.15) is 5.75 Å². The molecule has 1 aliphatic carbocycles. The molecule has 0 spiro atoms. The summed E-state index contributed by atoms with van der Waals surface area (Å²) in [6, 6.07) is 5.40. The molecule has 0 radical (unpaired) electrons. The quantitative estimate of drug-likeness (QED) is 0.915. The normalized spacial score (nSPS) is 17.2. The van der Waals surface area contributed by atoms with E-state index in [9.17, 15) is 4.79 Å². The highest BCUT2D eigenvalue weighted by Crippen LogP contribution is 2.35. The molecule has 2 aliphatic rings. The summed E-state index contributed by atoms with van der Waals surface area (Å²) in [5, 5.41) is 0. The molecule has 0 amide bonds. The second-order valence-corrected chi connectivity index (χ2v) is 4.94. The van der Waals surface area contributed by atoms with Crippen molar-refractivity contribution < 1.29 is 9.53 Å². The van der Waals surface area contributed by atoms with E-state index in [2.05, 4.69) is 4.99 Å². The minimum atomic E-state index is 0.0311. The van der Waals surface area contributed by atoms with Crippen molar-refractivity contribution in [2.45, 2.75) is 12.8 Å². The maximum atomic E-state index is 12.4. The van der Waals surface area contributed by atoms with Gasteiger partial charge in [0.05, 0.1) is 7.11 Å². The van der Waals surface area contributed by atoms with Crippen molar-refractivity contribution in [1.29, 1.82) is 0 Å². The molecule has 1 aliphatic heterocycles. The second kappa shape index (κ2) is 4.96. The highest BCUT2D eigenvalue weighted by molar-refractivity contribution is 6.20. The highest BCUT2D eigenvalue weighted by Gasteiger charge is 2.28. The number of ether oxygens (including phenoxy) is 1. The number of allylic oxidation sites excluding steroid dienone is 2. The van der Waals surface area contributed by atoms with E-state index in [1.165, 1.54) is 5.57 Å². The van der Waals surface area contributed by atoms with Crippen molar-refractivity contribution >= 4 is 17.7 Å². The van der Waals surface area contributed by atoms with Gasteiger partial charge in [-0.05, 0) is 37.1 Å². The minimum Gasteiger partial charge on any atom is -0.497 e. The number of rotatable bonds is 3. The molecular formula is C16H16N2O2. The molecule has 0 aromatic heterocycles. The molecule has 20 heavy (non-hydrogen) atoms. The lowest BCUT2D eigenvalue weighted by Gasteiger charge is -2.09. The highest BCUT2D eigenvalue weighted by atomic mass is 16.5. The summed E-state index contributed by atoms with van der Waals surface area (Å²) in [5.41, 5.74) is 10.1. The van der Waals surface area contributed by atoms with E-state index in [0.29, 0.717) is 29.0 Å². The largest absolute Gasteiger partial charge is 0.497 e. The number of nitrogens with zero attached hydrogens (tertiary/aromatic N) is 1. The van der Waals surface area contributed by atoms with Gasteiger partial charge in [0.2, 0.25) is 0 Å². The first-order chi connectivity index (χ1) is 9.70. The number of Topliss-reactive ketones (excluding diaryl/α,β-unsaturated/α-hetero) is 1. The third-order valence-electron chi connectivity index (χ3n) is 3.74. The number of aliphatic imine (C=N–C) groups is 1. The van der Waals surface area contributed by atoms with Crippen molar-refractivity contribution in [3.63, 3.8) is 0 Å². The van der Waals surface area contributed by atoms with E-state index in [0.717, 1.165) is 18.5 Å². The fourth-order valence-electron chi connectivity index (χ4n) is 2.59. The number of nitrogens with two attached hydrogens (primary N) is 1. The zero-order chi connectivity index (χ0) is 14.1. The fourth-order valence-corrected chi connectivity index (χ4v) is 2.59. The van der Waals surface area contributed by atoms with Gasteiger partial charge in [-0.3, -0.25) is 9.79 Å². The van der Waals surface area contributed by atoms with Gasteiger partial charge in [-0.25, -0.2) is 0 Å². The standard InChI is InChI=1S/C16H16N2O2/c1-20-11-2-3-12-13(9-11)15(17)14(16(12)19)8-10-4-6-18-7-5-10/h2-4,6,9H,5,7-8,17H2,1H3. The maximum Gasteiger partial charge on any atom is 0.192 e. The average Bonchev–Trinajstić information content (AvgIpc) is 2.73. The van der Waals surface area contributed by atoms with Crippen LogP contribution in [0.15, 0.2) is 40.4 Å². The van der Waals surface area contributed by atoms with E-state index >= 15 is 0 Å². The van der Waals surface area contributed by atoms with Crippen molar-refractivity contribution in [2.75, 3.05) is 13.7 Å². The smallest absolute Gasteiger partial charge is 0.192 e. The number of hydrogen-bond acceptors (Lipinski definition) is 4. The van der Waals surface area contributed by atoms with E-state index < -0.39 is 0 Å². The number of hydrogen-bond donors (Lipinski definition) is 1. The van der Waals surface area contributed by atoms with Crippen LogP contribution in [0.5, 0.6) is 5.75 Å². The van der Waals surface area contributed by atoms with Crippen LogP contribution < -0.4 is 10.5 Å². The fraction of sp³-hybridized carbons (Fsp3) is 0.250. The van der Waals surface area contributed by atoms with E-state index in [4.69, 9.17) is 10.5 Å². The lowest BCUT2D eigenvalue weighted by Crippen LogP contribution is -2.04. The Morgan fingerprint density at radius 1 is 1.35 bits per heavy atom. The van der Waals surface area contributed by atoms with Crippen LogP contribution in [0.4, 0.5) is 0 Å². The Kier molecular flexibility index (Phi) is 3.14. The molecule has 1 aromatic carbocycles. The summed E-state index contributed by atoms with van der Waals surface area (Å²) in [7, 11) is 1.60. The third kappa shape index (κ3) is 2.03. The molecule has 102 valence electrons. The Morgan fingerprint density at radius 2 is 2.20 bits per heavy atom. The van der Waals surface area contributed by atoms with Crippen molar-refractivity contribution in [1.82, 2.24) is 0 Å². The van der Waals surface area contributed by atoms with Gasteiger partial charge in [0.15, 0.2) is 5.78 Å². The van der Waals surface area contributed by atoms with E-state index in [1.807, 2.05) is 12.1 Å². The van der Waals surface area contributed by atoms with E-state index in [1.54, 1.807) is 25.5 Å². The molecule has 3 rings (SSSR count). The lowest BCUT2D eigenvalue weighted by molar-refractivity contribution is 0.103. The van der Waals surface area contributed by atoms with Crippen LogP contribution in [0.3, 0.4) is 0 Å². The van der Waals surface area contributed by atoms with Crippen LogP contribution in [0.1, 0.15) is 28.8 Å². The molecule has 1 aromatic rings. The number of methoxy groups -OCH3 is 1. The first-order valence-electron chi connectivity index (χ1n) is 6.60. The van der Waals surface area contributed by atoms with Crippen molar-refractivity contribution in [3.8, 4) is 5.75 Å². The van der Waals surface area contributed by atoms with Crippen LogP contribution >= 0.6 is 0 Å². The monoisotopic (exact) mass is 268 g/mol. The van der Waals surface area contributed by atoms with Crippen LogP contribution in [0.25, 0.3) is 5.70 Å². The van der Waals surface area contributed by atoms with Crippen LogP contribution in [0.2, 0.25) is 0 Å². The predicted octanol–water partition coefficient (Wildman–Crippen LogP) is 2.35. The molecule has 2 N–H and O–H groups in total. The molecular weight excluding hydrogens is 252 g/mol. The van der Waals surface area contributed by atoms with Crippen molar-refractivity contribution in [3.05, 3.63) is 46.5 Å². The molecule has 0 atom stereocenters. The molecule has 0 unspecified atom stereocenters. The second-order valence-electron chi connectivity index (χ2n) is 4.94. The number of benzene rings is 1. The Hall–Kier alpha value is -2.36. The summed E-state index contributed by atoms with van der Waals surface area (Å²) in [4.78, 5) is 16.6. The van der Waals surface area contributed by atoms with Gasteiger partial charge in [0, 0.05) is 35.2 Å². The first-order valence-corrected chi connectivity index (χ1v) is 6.60. The van der Waals surface area contributed by atoms with Crippen LogP contribution in [-0.4, -0.2) is 25.7 Å². The molecule has 4 nitrogen and oxygen atoms in total. The lowest BCUT2D eigenvalue weighted by atomic mass is 9.98. The van der Waals surface area contributed by atoms with Gasteiger partial charge in [0.25, 0.3) is 0 Å². The number of ketones is 1. The zero-order valence-electron chi connectivity index (χ0n) is 11.3. The molecule has 0 fully saturated rings. The Bertz CT molecular complexity index is 669. The van der Waals surface area contributed by atoms with Crippen LogP contribution in [0, 0.1) is 0 Å². The third-order valence-corrected chi connectivity index (χ3v) is 3.74. The zero-order valence-corrected chi connectivity index (χ0v) is 11.3. The van der Waals surface area contributed by atoms with E-state index in [-0.39, 0.29) is 5.78 Å². The number of dihydropyridines is 1. The Balaban J connectivity index is 1.96. The first kappa shape index (κ1) is 12.7. The van der Waals surface area contributed by atoms with Crippen LogP contribution in [-0.2, 0) is 0 Å². The summed E-state index contributed by atoms with van der Waals surface area (Å²) in [6.45, 7) is 0.786. The minimum absolute atomic E-state index is 0.0311. The summed E-state index contributed by atoms with van der Waals surface area (Å²) >= 11 is 0. The Morgan fingerprint density at radius 3 is 2.90 bits per heavy atom. The number of fused-ring (bicyclic) bond motifs is 1. The summed E-state index contributed by atoms with van der Waals surface area (Å²) in [5.74, 6) is 0.744. The molecule has 1 heterocycles. The van der Waals surface area contributed by atoms with Gasteiger partial charge < -0.3 is 10.5 Å². The van der Waals surface area contributed by atoms with Gasteiger partial charge in [-0.1, -0.05) is 5.57 Å². The maximum absolute atomic E-state index is 12.4. The van der Waals surface area contributed by atoms with Gasteiger partial charge in [-0.2, -0.15) is 0 Å². The van der Waals surface area contributed by atoms with Crippen molar-refractivity contribution in [2.24, 2.45) is 10.7 Å². The number of carbonyl (C=O) groups is 1. The predicted molar refractivity (Wildman–Crippen MR) is 79.1 cm³/mol. The molecule has 0 saturated carbocycles. The average molecular weight is 268 g/mol.